The molecule has 124 valence electrons. The monoisotopic (exact) mass is 333 g/mol. The van der Waals surface area contributed by atoms with Crippen molar-refractivity contribution in [3.63, 3.8) is 0 Å². The van der Waals surface area contributed by atoms with Gasteiger partial charge in [0.2, 0.25) is 0 Å². The first kappa shape index (κ1) is 16.4. The van der Waals surface area contributed by atoms with Crippen LogP contribution in [0.15, 0.2) is 84.9 Å². The first-order valence-electron chi connectivity index (χ1n) is 7.71. The molecule has 5 nitrogen and oxygen atoms in total. The van der Waals surface area contributed by atoms with Gasteiger partial charge in [-0.15, -0.1) is 0 Å². The Morgan fingerprint density at radius 3 is 1.72 bits per heavy atom. The molecule has 0 N–H and O–H groups in total. The van der Waals surface area contributed by atoms with Gasteiger partial charge in [-0.1, -0.05) is 60.7 Å². The van der Waals surface area contributed by atoms with E-state index >= 15 is 0 Å². The van der Waals surface area contributed by atoms with Gasteiger partial charge in [0.05, 0.1) is 4.92 Å². The Kier molecular flexibility index (Phi) is 4.85. The zero-order valence-electron chi connectivity index (χ0n) is 13.2. The van der Waals surface area contributed by atoms with Crippen molar-refractivity contribution in [2.24, 2.45) is 0 Å². The molecule has 0 saturated carbocycles. The Hall–Kier alpha value is -3.47. The second-order valence-electron chi connectivity index (χ2n) is 5.43. The smallest absolute Gasteiger partial charge is 0.323 e. The summed E-state index contributed by atoms with van der Waals surface area (Å²) in [7, 11) is 0. The number of carbonyl (C=O) groups excluding carboxylic acids is 1. The largest absolute Gasteiger partial charge is 0.426 e. The summed E-state index contributed by atoms with van der Waals surface area (Å²) in [6.45, 7) is 0. The lowest BCUT2D eigenvalue weighted by Gasteiger charge is -2.16. The third-order valence-electron chi connectivity index (χ3n) is 3.77. The number of hydrogen-bond donors (Lipinski definition) is 0. The van der Waals surface area contributed by atoms with E-state index in [1.165, 1.54) is 24.3 Å². The molecule has 0 spiro atoms. The van der Waals surface area contributed by atoms with Crippen molar-refractivity contribution in [3.05, 3.63) is 106 Å². The molecule has 0 atom stereocenters. The highest BCUT2D eigenvalue weighted by atomic mass is 16.6. The van der Waals surface area contributed by atoms with Gasteiger partial charge in [-0.25, -0.2) is 0 Å². The van der Waals surface area contributed by atoms with E-state index in [0.29, 0.717) is 0 Å². The molecular formula is C20H15NO4. The molecule has 3 aromatic carbocycles. The number of hydrogen-bond acceptors (Lipinski definition) is 4. The Labute approximate surface area is 144 Å². The predicted molar refractivity (Wildman–Crippen MR) is 93.5 cm³/mol. The number of rotatable bonds is 5. The molecular weight excluding hydrogens is 318 g/mol. The molecule has 0 aliphatic carbocycles. The Morgan fingerprint density at radius 2 is 1.28 bits per heavy atom. The summed E-state index contributed by atoms with van der Waals surface area (Å²) in [6.07, 6.45) is 0. The van der Waals surface area contributed by atoms with E-state index in [4.69, 9.17) is 4.74 Å². The average molecular weight is 333 g/mol. The summed E-state index contributed by atoms with van der Waals surface area (Å²) >= 11 is 0. The van der Waals surface area contributed by atoms with Crippen molar-refractivity contribution < 1.29 is 14.5 Å². The maximum Gasteiger partial charge on any atom is 0.323 e. The maximum atomic E-state index is 12.8. The number of esters is 1. The lowest BCUT2D eigenvalue weighted by molar-refractivity contribution is -0.384. The number of non-ortho nitro benzene ring substituents is 1. The molecule has 5 heteroatoms. The van der Waals surface area contributed by atoms with Crippen LogP contribution in [0.25, 0.3) is 0 Å². The van der Waals surface area contributed by atoms with Crippen molar-refractivity contribution in [2.45, 2.75) is 5.92 Å². The quantitative estimate of drug-likeness (QED) is 0.301. The fourth-order valence-electron chi connectivity index (χ4n) is 2.57. The average Bonchev–Trinajstić information content (AvgIpc) is 2.64. The summed E-state index contributed by atoms with van der Waals surface area (Å²) in [5.41, 5.74) is 1.59. The van der Waals surface area contributed by atoms with E-state index in [9.17, 15) is 14.9 Å². The van der Waals surface area contributed by atoms with Gasteiger partial charge in [-0.3, -0.25) is 14.9 Å². The second-order valence-corrected chi connectivity index (χ2v) is 5.43. The van der Waals surface area contributed by atoms with E-state index in [0.717, 1.165) is 11.1 Å². The minimum absolute atomic E-state index is 0.0533. The highest BCUT2D eigenvalue weighted by molar-refractivity contribution is 5.84. The van der Waals surface area contributed by atoms with E-state index in [-0.39, 0.29) is 11.4 Å². The van der Waals surface area contributed by atoms with Crippen LogP contribution in [-0.2, 0) is 4.79 Å². The van der Waals surface area contributed by atoms with Gasteiger partial charge in [0, 0.05) is 12.1 Å². The second kappa shape index (κ2) is 7.40. The lowest BCUT2D eigenvalue weighted by atomic mass is 9.91. The van der Waals surface area contributed by atoms with Gasteiger partial charge in [0.15, 0.2) is 0 Å². The number of nitrogens with zero attached hydrogens (tertiary/aromatic N) is 1. The molecule has 0 heterocycles. The number of nitro benzene ring substituents is 1. The molecule has 0 fully saturated rings. The molecule has 0 unspecified atom stereocenters. The Balaban J connectivity index is 1.88. The predicted octanol–water partition coefficient (Wildman–Crippen LogP) is 4.33. The topological polar surface area (TPSA) is 69.4 Å². The van der Waals surface area contributed by atoms with Gasteiger partial charge < -0.3 is 4.74 Å². The standard InChI is InChI=1S/C20H15NO4/c22-20(25-18-13-11-17(12-14-18)21(23)24)19(15-7-3-1-4-8-15)16-9-5-2-6-10-16/h1-14,19H. The normalized spacial score (nSPS) is 10.4. The van der Waals surface area contributed by atoms with Crippen molar-refractivity contribution in [1.29, 1.82) is 0 Å². The minimum Gasteiger partial charge on any atom is -0.426 e. The molecule has 0 amide bonds. The van der Waals surface area contributed by atoms with E-state index in [1.807, 2.05) is 60.7 Å². The molecule has 0 aliphatic rings. The van der Waals surface area contributed by atoms with Crippen molar-refractivity contribution >= 4 is 11.7 Å². The van der Waals surface area contributed by atoms with Crippen LogP contribution >= 0.6 is 0 Å². The Morgan fingerprint density at radius 1 is 0.800 bits per heavy atom. The molecule has 3 rings (SSSR count). The number of ether oxygens (including phenoxy) is 1. The first-order chi connectivity index (χ1) is 12.1. The number of benzene rings is 3. The summed E-state index contributed by atoms with van der Waals surface area (Å²) in [5, 5.41) is 10.7. The van der Waals surface area contributed by atoms with Gasteiger partial charge in [-0.05, 0) is 23.3 Å². The highest BCUT2D eigenvalue weighted by Gasteiger charge is 2.24. The molecule has 0 aromatic heterocycles. The van der Waals surface area contributed by atoms with Crippen LogP contribution in [0, 0.1) is 10.1 Å². The van der Waals surface area contributed by atoms with Gasteiger partial charge in [0.1, 0.15) is 11.7 Å². The molecule has 25 heavy (non-hydrogen) atoms. The van der Waals surface area contributed by atoms with Crippen LogP contribution in [0.1, 0.15) is 17.0 Å². The third kappa shape index (κ3) is 3.90. The van der Waals surface area contributed by atoms with Crippen LogP contribution in [0.2, 0.25) is 0 Å². The van der Waals surface area contributed by atoms with Gasteiger partial charge in [-0.2, -0.15) is 0 Å². The zero-order chi connectivity index (χ0) is 17.6. The highest BCUT2D eigenvalue weighted by Crippen LogP contribution is 2.27. The van der Waals surface area contributed by atoms with E-state index < -0.39 is 16.8 Å². The molecule has 0 aliphatic heterocycles. The number of nitro groups is 1. The van der Waals surface area contributed by atoms with Crippen molar-refractivity contribution in [3.8, 4) is 5.75 Å². The van der Waals surface area contributed by atoms with E-state index in [2.05, 4.69) is 0 Å². The summed E-state index contributed by atoms with van der Waals surface area (Å²) in [6, 6.07) is 24.2. The lowest BCUT2D eigenvalue weighted by Crippen LogP contribution is -2.20. The van der Waals surface area contributed by atoms with Crippen LogP contribution in [0.4, 0.5) is 5.69 Å². The number of carbonyl (C=O) groups is 1. The van der Waals surface area contributed by atoms with Gasteiger partial charge in [0.25, 0.3) is 5.69 Å². The van der Waals surface area contributed by atoms with Crippen molar-refractivity contribution in [2.75, 3.05) is 0 Å². The van der Waals surface area contributed by atoms with Crippen LogP contribution in [0.3, 0.4) is 0 Å². The summed E-state index contributed by atoms with van der Waals surface area (Å²) in [4.78, 5) is 23.0. The van der Waals surface area contributed by atoms with E-state index in [1.54, 1.807) is 0 Å². The fourth-order valence-corrected chi connectivity index (χ4v) is 2.57. The van der Waals surface area contributed by atoms with Crippen LogP contribution in [0.5, 0.6) is 5.75 Å². The summed E-state index contributed by atoms with van der Waals surface area (Å²) < 4.78 is 5.46. The molecule has 0 radical (unpaired) electrons. The first-order valence-corrected chi connectivity index (χ1v) is 7.71. The minimum atomic E-state index is -0.572. The zero-order valence-corrected chi connectivity index (χ0v) is 13.2. The summed E-state index contributed by atoms with van der Waals surface area (Å²) in [5.74, 6) is -0.740. The third-order valence-corrected chi connectivity index (χ3v) is 3.77. The fraction of sp³-hybridized carbons (Fsp3) is 0.0500. The van der Waals surface area contributed by atoms with Crippen LogP contribution < -0.4 is 4.74 Å². The Bertz CT molecular complexity index is 822. The molecule has 0 bridgehead atoms. The SMILES string of the molecule is O=C(Oc1ccc([N+](=O)[O-])cc1)C(c1ccccc1)c1ccccc1. The van der Waals surface area contributed by atoms with Gasteiger partial charge >= 0.3 is 5.97 Å². The maximum absolute atomic E-state index is 12.8. The van der Waals surface area contributed by atoms with Crippen molar-refractivity contribution in [1.82, 2.24) is 0 Å². The molecule has 0 saturated heterocycles. The molecule has 3 aromatic rings. The van der Waals surface area contributed by atoms with Crippen LogP contribution in [-0.4, -0.2) is 10.9 Å².